The average Bonchev–Trinajstić information content (AvgIpc) is 3.37. The van der Waals surface area contributed by atoms with Crippen LogP contribution in [0, 0.1) is 19.1 Å². The first-order valence-electron chi connectivity index (χ1n) is 13.4. The minimum atomic E-state index is -0.0475. The van der Waals surface area contributed by atoms with E-state index in [2.05, 4.69) is 77.7 Å². The molecule has 1 radical (unpaired) electrons. The summed E-state index contributed by atoms with van der Waals surface area (Å²) in [4.78, 5) is 19.0. The van der Waals surface area contributed by atoms with Gasteiger partial charge in [0.1, 0.15) is 5.65 Å². The Balaban J connectivity index is 0.000000145. The number of aromatic nitrogens is 5. The minimum absolute atomic E-state index is 0. The zero-order valence-electron chi connectivity index (χ0n) is 23.2. The second kappa shape index (κ2) is 10.3. The summed E-state index contributed by atoms with van der Waals surface area (Å²) in [6.45, 7) is 8.54. The van der Waals surface area contributed by atoms with E-state index in [-0.39, 0.29) is 25.5 Å². The van der Waals surface area contributed by atoms with Gasteiger partial charge in [-0.15, -0.1) is 53.9 Å². The average molecular weight is 710 g/mol. The molecule has 0 aliphatic heterocycles. The summed E-state index contributed by atoms with van der Waals surface area (Å²) < 4.78 is 2.13. The van der Waals surface area contributed by atoms with E-state index >= 15 is 0 Å². The quantitative estimate of drug-likeness (QED) is 0.118. The van der Waals surface area contributed by atoms with Crippen molar-refractivity contribution in [3.63, 3.8) is 0 Å². The molecule has 0 bridgehead atoms. The molecule has 4 aromatic carbocycles. The first-order valence-corrected chi connectivity index (χ1v) is 13.4. The molecule has 4 heterocycles. The first-order chi connectivity index (χ1) is 19.4. The first kappa shape index (κ1) is 26.9. The van der Waals surface area contributed by atoms with Crippen molar-refractivity contribution in [3.8, 4) is 0 Å². The van der Waals surface area contributed by atoms with Gasteiger partial charge in [0.05, 0.1) is 22.4 Å². The number of hydrogen-bond acceptors (Lipinski definition) is 4. The van der Waals surface area contributed by atoms with E-state index in [1.54, 1.807) is 0 Å². The normalized spacial score (nSPS) is 11.7. The zero-order chi connectivity index (χ0) is 27.4. The van der Waals surface area contributed by atoms with Gasteiger partial charge < -0.3 is 14.4 Å². The molecular weight excluding hydrogens is 683 g/mol. The number of nitrogens with zero attached hydrogens (tertiary/aromatic N) is 5. The molecule has 203 valence electrons. The third-order valence-corrected chi connectivity index (χ3v) is 7.23. The van der Waals surface area contributed by atoms with Crippen LogP contribution in [0.15, 0.2) is 91.3 Å². The van der Waals surface area contributed by atoms with Crippen molar-refractivity contribution in [2.45, 2.75) is 33.1 Å². The number of rotatable bonds is 0. The molecule has 6 heteroatoms. The molecule has 0 fully saturated rings. The second-order valence-electron chi connectivity index (χ2n) is 11.1. The van der Waals surface area contributed by atoms with Crippen LogP contribution in [0.4, 0.5) is 0 Å². The van der Waals surface area contributed by atoms with E-state index in [1.807, 2.05) is 67.7 Å². The molecule has 8 rings (SSSR count). The molecule has 0 spiro atoms. The van der Waals surface area contributed by atoms with Crippen molar-refractivity contribution in [2.24, 2.45) is 0 Å². The molecular formula is C35H27IrN5-2. The summed E-state index contributed by atoms with van der Waals surface area (Å²) >= 11 is 0. The van der Waals surface area contributed by atoms with Crippen LogP contribution in [-0.2, 0) is 25.5 Å². The molecule has 0 N–H and O–H groups in total. The summed E-state index contributed by atoms with van der Waals surface area (Å²) in [6, 6.07) is 33.0. The Morgan fingerprint density at radius 1 is 0.683 bits per heavy atom. The van der Waals surface area contributed by atoms with Crippen molar-refractivity contribution in [3.05, 3.63) is 115 Å². The van der Waals surface area contributed by atoms with Gasteiger partial charge in [-0.25, -0.2) is 0 Å². The largest absolute Gasteiger partial charge is 0.307 e. The molecule has 0 amide bonds. The molecule has 0 aliphatic rings. The Labute approximate surface area is 251 Å². The van der Waals surface area contributed by atoms with Crippen molar-refractivity contribution in [1.82, 2.24) is 24.3 Å². The summed E-state index contributed by atoms with van der Waals surface area (Å²) in [5, 5.41) is 5.58. The fourth-order valence-corrected chi connectivity index (χ4v) is 5.43. The fraction of sp³-hybridized carbons (Fsp3) is 0.143. The standard InChI is InChI=1S/C18H16N3.C17H11N2.Ir/c1-18(2,3)17-16-15(12-8-4-5-9-13(12)19-17)20-14-10-6-7-11-21(14)16;1-11-10-18-16-14-8-4-2-6-12(14)13-7-3-5-9-15(13)17(16)19-11;/h4-7,9-11H,1-3H3;2-7,9-10H,1H3;/q2*-1;. The van der Waals surface area contributed by atoms with E-state index in [0.29, 0.717) is 0 Å². The van der Waals surface area contributed by atoms with Gasteiger partial charge in [0.25, 0.3) is 0 Å². The maximum atomic E-state index is 4.90. The topological polar surface area (TPSA) is 56.0 Å². The summed E-state index contributed by atoms with van der Waals surface area (Å²) in [6.07, 6.45) is 3.87. The molecule has 0 unspecified atom stereocenters. The molecule has 8 aromatic rings. The summed E-state index contributed by atoms with van der Waals surface area (Å²) in [5.74, 6) is 0. The predicted octanol–water partition coefficient (Wildman–Crippen LogP) is 8.18. The van der Waals surface area contributed by atoms with E-state index in [9.17, 15) is 0 Å². The van der Waals surface area contributed by atoms with Crippen LogP contribution >= 0.6 is 0 Å². The Hall–Kier alpha value is -4.25. The van der Waals surface area contributed by atoms with E-state index in [4.69, 9.17) is 9.97 Å². The number of aryl methyl sites for hydroxylation is 1. The van der Waals surface area contributed by atoms with Gasteiger partial charge in [0, 0.05) is 48.9 Å². The molecule has 0 saturated heterocycles. The third-order valence-electron chi connectivity index (χ3n) is 7.23. The molecule has 0 saturated carbocycles. The van der Waals surface area contributed by atoms with Crippen LogP contribution in [0.5, 0.6) is 0 Å². The van der Waals surface area contributed by atoms with Gasteiger partial charge >= 0.3 is 0 Å². The Morgan fingerprint density at radius 2 is 1.39 bits per heavy atom. The van der Waals surface area contributed by atoms with Crippen LogP contribution in [0.25, 0.3) is 60.2 Å². The fourth-order valence-electron chi connectivity index (χ4n) is 5.43. The van der Waals surface area contributed by atoms with E-state index in [0.717, 1.165) is 60.8 Å². The molecule has 4 aromatic heterocycles. The van der Waals surface area contributed by atoms with Gasteiger partial charge in [-0.1, -0.05) is 67.3 Å². The van der Waals surface area contributed by atoms with Crippen LogP contribution < -0.4 is 0 Å². The monoisotopic (exact) mass is 710 g/mol. The Morgan fingerprint density at radius 3 is 2.20 bits per heavy atom. The second-order valence-corrected chi connectivity index (χ2v) is 11.1. The van der Waals surface area contributed by atoms with Gasteiger partial charge in [0.15, 0.2) is 0 Å². The Kier molecular flexibility index (Phi) is 6.77. The van der Waals surface area contributed by atoms with Gasteiger partial charge in [0.2, 0.25) is 0 Å². The summed E-state index contributed by atoms with van der Waals surface area (Å²) in [5.41, 5.74) is 7.84. The molecule has 5 nitrogen and oxygen atoms in total. The summed E-state index contributed by atoms with van der Waals surface area (Å²) in [7, 11) is 0. The van der Waals surface area contributed by atoms with Gasteiger partial charge in [-0.3, -0.25) is 9.97 Å². The van der Waals surface area contributed by atoms with Crippen molar-refractivity contribution in [1.29, 1.82) is 0 Å². The molecule has 0 aliphatic carbocycles. The number of imidazole rings is 1. The maximum Gasteiger partial charge on any atom is 0.127 e. The Bertz CT molecular complexity index is 2190. The van der Waals surface area contributed by atoms with Gasteiger partial charge in [-0.2, -0.15) is 0 Å². The number of hydrogen-bond donors (Lipinski definition) is 0. The van der Waals surface area contributed by atoms with Crippen LogP contribution in [0.2, 0.25) is 0 Å². The SMILES string of the molecule is CC(C)(C)c1nc2ccc[c-]c2c2nc3ccccn3c12.Cc1cnc2c3[c-]cccc3c3ccccc3c2n1.[Ir]. The van der Waals surface area contributed by atoms with Crippen molar-refractivity contribution in [2.75, 3.05) is 0 Å². The maximum absolute atomic E-state index is 4.90. The zero-order valence-corrected chi connectivity index (χ0v) is 25.6. The third kappa shape index (κ3) is 4.54. The predicted molar refractivity (Wildman–Crippen MR) is 164 cm³/mol. The molecule has 0 atom stereocenters. The van der Waals surface area contributed by atoms with Gasteiger partial charge in [-0.05, 0) is 30.0 Å². The van der Waals surface area contributed by atoms with Crippen LogP contribution in [-0.4, -0.2) is 24.3 Å². The smallest absolute Gasteiger partial charge is 0.127 e. The van der Waals surface area contributed by atoms with Crippen LogP contribution in [0.1, 0.15) is 32.2 Å². The number of fused-ring (bicyclic) bond motifs is 11. The van der Waals surface area contributed by atoms with E-state index < -0.39 is 0 Å². The number of benzene rings is 4. The van der Waals surface area contributed by atoms with Crippen LogP contribution in [0.3, 0.4) is 0 Å². The van der Waals surface area contributed by atoms with E-state index in [1.165, 1.54) is 10.8 Å². The van der Waals surface area contributed by atoms with Crippen molar-refractivity contribution >= 4 is 60.2 Å². The van der Waals surface area contributed by atoms with Crippen molar-refractivity contribution < 1.29 is 20.1 Å². The minimum Gasteiger partial charge on any atom is -0.307 e. The number of pyridine rings is 2. The molecule has 41 heavy (non-hydrogen) atoms.